The Balaban J connectivity index is 1.76. The van der Waals surface area contributed by atoms with Gasteiger partial charge in [-0.2, -0.15) is 0 Å². The molecule has 0 saturated carbocycles. The Kier molecular flexibility index (Phi) is 4.74. The van der Waals surface area contributed by atoms with Crippen LogP contribution in [0.2, 0.25) is 0 Å². The van der Waals surface area contributed by atoms with Crippen molar-refractivity contribution in [2.24, 2.45) is 0 Å². The zero-order valence-electron chi connectivity index (χ0n) is 15.1. The van der Waals surface area contributed by atoms with E-state index in [-0.39, 0.29) is 23.9 Å². The lowest BCUT2D eigenvalue weighted by molar-refractivity contribution is -0.389. The maximum atomic E-state index is 13.2. The number of carbonyl (C=O) groups is 2. The maximum absolute atomic E-state index is 13.2. The lowest BCUT2D eigenvalue weighted by atomic mass is 10.1. The normalized spacial score (nSPS) is 15.4. The summed E-state index contributed by atoms with van der Waals surface area (Å²) in [5, 5.41) is 11.1. The van der Waals surface area contributed by atoms with Crippen LogP contribution in [0.5, 0.6) is 5.75 Å². The quantitative estimate of drug-likeness (QED) is 0.377. The number of pyridine rings is 1. The Morgan fingerprint density at radius 1 is 1.03 bits per heavy atom. The molecule has 0 N–H and O–H groups in total. The second kappa shape index (κ2) is 7.51. The maximum Gasteiger partial charge on any atom is 0.366 e. The number of ether oxygens (including phenoxy) is 1. The molecule has 8 heteroatoms. The summed E-state index contributed by atoms with van der Waals surface area (Å²) in [6, 6.07) is 19.9. The van der Waals surface area contributed by atoms with Crippen LogP contribution < -0.4 is 9.64 Å². The summed E-state index contributed by atoms with van der Waals surface area (Å²) in [6.07, 6.45) is -0.976. The molecule has 144 valence electrons. The number of benzene rings is 2. The van der Waals surface area contributed by atoms with E-state index in [9.17, 15) is 19.7 Å². The van der Waals surface area contributed by atoms with Gasteiger partial charge in [0.05, 0.1) is 6.54 Å². The van der Waals surface area contributed by atoms with E-state index in [2.05, 4.69) is 4.98 Å². The van der Waals surface area contributed by atoms with Crippen LogP contribution in [0.15, 0.2) is 72.8 Å². The zero-order chi connectivity index (χ0) is 20.4. The van der Waals surface area contributed by atoms with Gasteiger partial charge in [0.15, 0.2) is 11.5 Å². The average molecular weight is 389 g/mol. The van der Waals surface area contributed by atoms with Crippen LogP contribution in [0.3, 0.4) is 0 Å². The van der Waals surface area contributed by atoms with Crippen LogP contribution in [0.25, 0.3) is 0 Å². The van der Waals surface area contributed by atoms with Gasteiger partial charge in [0.25, 0.3) is 11.7 Å². The van der Waals surface area contributed by atoms with E-state index in [0.29, 0.717) is 11.1 Å². The second-order valence-electron chi connectivity index (χ2n) is 6.37. The molecule has 2 heterocycles. The molecule has 1 amide bonds. The van der Waals surface area contributed by atoms with Crippen LogP contribution in [-0.4, -0.2) is 28.1 Å². The first-order valence-corrected chi connectivity index (χ1v) is 8.81. The molecule has 8 nitrogen and oxygen atoms in total. The van der Waals surface area contributed by atoms with Crippen molar-refractivity contribution < 1.29 is 19.2 Å². The lowest BCUT2D eigenvalue weighted by Gasteiger charge is -2.31. The molecule has 1 aliphatic heterocycles. The zero-order valence-corrected chi connectivity index (χ0v) is 15.1. The highest BCUT2D eigenvalue weighted by molar-refractivity contribution is 6.08. The fourth-order valence-corrected chi connectivity index (χ4v) is 3.09. The number of ketones is 1. The minimum atomic E-state index is -0.976. The minimum absolute atomic E-state index is 0.0411. The van der Waals surface area contributed by atoms with Gasteiger partial charge in [-0.05, 0) is 16.0 Å². The summed E-state index contributed by atoms with van der Waals surface area (Å²) < 4.78 is 5.79. The summed E-state index contributed by atoms with van der Waals surface area (Å²) in [5.41, 5.74) is 1.04. The number of fused-ring (bicyclic) bond motifs is 1. The number of nitrogens with zero attached hydrogens (tertiary/aromatic N) is 3. The molecule has 1 atom stereocenters. The molecule has 1 aromatic heterocycles. The van der Waals surface area contributed by atoms with Gasteiger partial charge in [0.2, 0.25) is 6.10 Å². The highest BCUT2D eigenvalue weighted by Crippen LogP contribution is 2.38. The highest BCUT2D eigenvalue weighted by Gasteiger charge is 2.40. The Bertz CT molecular complexity index is 1090. The molecule has 0 spiro atoms. The predicted octanol–water partition coefficient (Wildman–Crippen LogP) is 3.34. The van der Waals surface area contributed by atoms with E-state index in [1.165, 1.54) is 12.1 Å². The number of amides is 1. The Morgan fingerprint density at radius 3 is 2.34 bits per heavy atom. The second-order valence-corrected chi connectivity index (χ2v) is 6.37. The number of hydrogen-bond acceptors (Lipinski definition) is 6. The number of hydrogen-bond donors (Lipinski definition) is 0. The van der Waals surface area contributed by atoms with Gasteiger partial charge in [-0.15, -0.1) is 0 Å². The minimum Gasteiger partial charge on any atom is -0.469 e. The summed E-state index contributed by atoms with van der Waals surface area (Å²) in [5.74, 6) is -1.10. The molecule has 0 bridgehead atoms. The highest BCUT2D eigenvalue weighted by atomic mass is 16.6. The van der Waals surface area contributed by atoms with Gasteiger partial charge in [-0.1, -0.05) is 60.7 Å². The van der Waals surface area contributed by atoms with E-state index < -0.39 is 22.8 Å². The van der Waals surface area contributed by atoms with Gasteiger partial charge < -0.3 is 14.9 Å². The monoisotopic (exact) mass is 389 g/mol. The number of nitro groups is 1. The molecule has 2 aromatic carbocycles. The molecule has 0 radical (unpaired) electrons. The number of aromatic nitrogens is 1. The van der Waals surface area contributed by atoms with Gasteiger partial charge in [-0.25, -0.2) is 0 Å². The molecular formula is C21H15N3O5. The van der Waals surface area contributed by atoms with Crippen LogP contribution in [0.4, 0.5) is 11.6 Å². The number of anilines is 1. The molecule has 0 aliphatic carbocycles. The standard InChI is InChI=1S/C21H15N3O5/c25-16(14-7-3-1-4-8-14)13-23-20-17(11-12-18(22-20)24(27)28)29-19(21(23)26)15-9-5-2-6-10-15/h1-12,19H,13H2. The van der Waals surface area contributed by atoms with Crippen LogP contribution in [0, 0.1) is 10.1 Å². The van der Waals surface area contributed by atoms with Crippen LogP contribution >= 0.6 is 0 Å². The third-order valence-corrected chi connectivity index (χ3v) is 4.50. The summed E-state index contributed by atoms with van der Waals surface area (Å²) in [4.78, 5) is 41.5. The molecule has 4 rings (SSSR count). The summed E-state index contributed by atoms with van der Waals surface area (Å²) >= 11 is 0. The predicted molar refractivity (Wildman–Crippen MR) is 104 cm³/mol. The van der Waals surface area contributed by atoms with E-state index in [1.54, 1.807) is 54.6 Å². The number of rotatable bonds is 5. The Hall–Kier alpha value is -4.07. The molecule has 29 heavy (non-hydrogen) atoms. The molecule has 0 fully saturated rings. The van der Waals surface area contributed by atoms with Gasteiger partial charge in [0, 0.05) is 17.2 Å². The molecular weight excluding hydrogens is 374 g/mol. The van der Waals surface area contributed by atoms with Crippen molar-refractivity contribution in [2.45, 2.75) is 6.10 Å². The molecule has 0 saturated heterocycles. The summed E-state index contributed by atoms with van der Waals surface area (Å²) in [7, 11) is 0. The Morgan fingerprint density at radius 2 is 1.69 bits per heavy atom. The van der Waals surface area contributed by atoms with Crippen molar-refractivity contribution in [3.63, 3.8) is 0 Å². The smallest absolute Gasteiger partial charge is 0.366 e. The SMILES string of the molecule is O=C(CN1C(=O)C(c2ccccc2)Oc2ccc([N+](=O)[O-])nc21)c1ccccc1. The van der Waals surface area contributed by atoms with Crippen LogP contribution in [-0.2, 0) is 4.79 Å². The largest absolute Gasteiger partial charge is 0.469 e. The van der Waals surface area contributed by atoms with Crippen molar-refractivity contribution in [3.05, 3.63) is 94.0 Å². The van der Waals surface area contributed by atoms with Gasteiger partial charge >= 0.3 is 5.82 Å². The molecule has 1 aliphatic rings. The van der Waals surface area contributed by atoms with E-state index in [0.717, 1.165) is 4.90 Å². The van der Waals surface area contributed by atoms with Crippen molar-refractivity contribution in [2.75, 3.05) is 11.4 Å². The van der Waals surface area contributed by atoms with Gasteiger partial charge in [0.1, 0.15) is 0 Å². The van der Waals surface area contributed by atoms with Gasteiger partial charge in [-0.3, -0.25) is 14.5 Å². The van der Waals surface area contributed by atoms with E-state index in [4.69, 9.17) is 4.74 Å². The number of carbonyl (C=O) groups excluding carboxylic acids is 2. The van der Waals surface area contributed by atoms with Crippen molar-refractivity contribution in [1.82, 2.24) is 4.98 Å². The Labute approximate surface area is 165 Å². The van der Waals surface area contributed by atoms with E-state index in [1.807, 2.05) is 6.07 Å². The van der Waals surface area contributed by atoms with Crippen LogP contribution in [0.1, 0.15) is 22.0 Å². The van der Waals surface area contributed by atoms with Crippen molar-refractivity contribution >= 4 is 23.3 Å². The van der Waals surface area contributed by atoms with E-state index >= 15 is 0 Å². The lowest BCUT2D eigenvalue weighted by Crippen LogP contribution is -2.44. The summed E-state index contributed by atoms with van der Waals surface area (Å²) in [6.45, 7) is -0.309. The van der Waals surface area contributed by atoms with Crippen molar-refractivity contribution in [1.29, 1.82) is 0 Å². The molecule has 1 unspecified atom stereocenters. The fourth-order valence-electron chi connectivity index (χ4n) is 3.09. The topological polar surface area (TPSA) is 103 Å². The first-order chi connectivity index (χ1) is 14.0. The first-order valence-electron chi connectivity index (χ1n) is 8.81. The van der Waals surface area contributed by atoms with Crippen molar-refractivity contribution in [3.8, 4) is 5.75 Å². The average Bonchev–Trinajstić information content (AvgIpc) is 2.76. The fraction of sp³-hybridized carbons (Fsp3) is 0.0952. The third kappa shape index (κ3) is 3.55. The first kappa shape index (κ1) is 18.3. The number of Topliss-reactive ketones (excluding diaryl/α,β-unsaturated/α-hetero) is 1. The molecule has 3 aromatic rings. The third-order valence-electron chi connectivity index (χ3n) is 4.50.